The predicted octanol–water partition coefficient (Wildman–Crippen LogP) is 1.55. The molecule has 1 rings (SSSR count). The Balaban J connectivity index is 2.54. The molecule has 3 nitrogen and oxygen atoms in total. The maximum atomic E-state index is 13.1. The number of aliphatic hydroxyl groups is 1. The Kier molecular flexibility index (Phi) is 4.52. The summed E-state index contributed by atoms with van der Waals surface area (Å²) in [5.41, 5.74) is 1.26. The smallest absolute Gasteiger partial charge is 0.128 e. The summed E-state index contributed by atoms with van der Waals surface area (Å²) < 4.78 is 17.9. The van der Waals surface area contributed by atoms with Crippen LogP contribution >= 0.6 is 0 Å². The van der Waals surface area contributed by atoms with Gasteiger partial charge in [-0.25, -0.2) is 4.39 Å². The van der Waals surface area contributed by atoms with Crippen molar-refractivity contribution < 1.29 is 14.2 Å². The summed E-state index contributed by atoms with van der Waals surface area (Å²) in [4.78, 5) is 0. The molecule has 1 aromatic rings. The van der Waals surface area contributed by atoms with Crippen LogP contribution in [0.4, 0.5) is 10.1 Å². The fraction of sp³-hybridized carbons (Fsp3) is 0.455. The van der Waals surface area contributed by atoms with Gasteiger partial charge in [0.15, 0.2) is 0 Å². The zero-order valence-corrected chi connectivity index (χ0v) is 8.96. The largest absolute Gasteiger partial charge is 0.389 e. The standard InChI is InChI=1S/C11H16FNO2/c1-8-10(12)4-3-5-11(8)13-6-9(14)7-15-2/h3-5,9,13-14H,6-7H2,1-2H3. The van der Waals surface area contributed by atoms with Gasteiger partial charge in [-0.05, 0) is 19.1 Å². The maximum absolute atomic E-state index is 13.1. The van der Waals surface area contributed by atoms with Gasteiger partial charge in [0.25, 0.3) is 0 Å². The van der Waals surface area contributed by atoms with Crippen LogP contribution in [-0.4, -0.2) is 31.5 Å². The zero-order valence-electron chi connectivity index (χ0n) is 8.96. The number of methoxy groups -OCH3 is 1. The molecule has 0 heterocycles. The van der Waals surface area contributed by atoms with Crippen LogP contribution in [-0.2, 0) is 4.74 Å². The molecule has 0 aromatic heterocycles. The number of nitrogens with one attached hydrogen (secondary N) is 1. The predicted molar refractivity (Wildman–Crippen MR) is 57.5 cm³/mol. The number of aliphatic hydroxyl groups excluding tert-OH is 1. The monoisotopic (exact) mass is 213 g/mol. The van der Waals surface area contributed by atoms with Crippen molar-refractivity contribution in [3.63, 3.8) is 0 Å². The molecule has 0 saturated carbocycles. The van der Waals surface area contributed by atoms with E-state index in [0.29, 0.717) is 17.8 Å². The van der Waals surface area contributed by atoms with Gasteiger partial charge in [0.05, 0.1) is 12.7 Å². The molecule has 0 radical (unpaired) electrons. The highest BCUT2D eigenvalue weighted by Crippen LogP contribution is 2.17. The lowest BCUT2D eigenvalue weighted by Crippen LogP contribution is -2.24. The molecule has 4 heteroatoms. The van der Waals surface area contributed by atoms with Gasteiger partial charge in [0.1, 0.15) is 5.82 Å². The van der Waals surface area contributed by atoms with Crippen LogP contribution in [0.5, 0.6) is 0 Å². The van der Waals surface area contributed by atoms with Crippen LogP contribution in [0, 0.1) is 12.7 Å². The maximum Gasteiger partial charge on any atom is 0.128 e. The second kappa shape index (κ2) is 5.68. The average molecular weight is 213 g/mol. The fourth-order valence-electron chi connectivity index (χ4n) is 1.28. The quantitative estimate of drug-likeness (QED) is 0.779. The summed E-state index contributed by atoms with van der Waals surface area (Å²) in [6.07, 6.45) is -0.585. The second-order valence-corrected chi connectivity index (χ2v) is 3.40. The molecule has 0 aliphatic heterocycles. The van der Waals surface area contributed by atoms with Crippen molar-refractivity contribution in [2.75, 3.05) is 25.6 Å². The van der Waals surface area contributed by atoms with E-state index < -0.39 is 6.10 Å². The first-order valence-corrected chi connectivity index (χ1v) is 4.81. The lowest BCUT2D eigenvalue weighted by atomic mass is 10.2. The number of benzene rings is 1. The molecule has 84 valence electrons. The summed E-state index contributed by atoms with van der Waals surface area (Å²) in [6, 6.07) is 4.82. The summed E-state index contributed by atoms with van der Waals surface area (Å²) in [5.74, 6) is -0.249. The van der Waals surface area contributed by atoms with Crippen molar-refractivity contribution in [2.45, 2.75) is 13.0 Å². The number of hydrogen-bond donors (Lipinski definition) is 2. The van der Waals surface area contributed by atoms with E-state index in [-0.39, 0.29) is 12.4 Å². The van der Waals surface area contributed by atoms with E-state index in [1.807, 2.05) is 0 Å². The summed E-state index contributed by atoms with van der Waals surface area (Å²) >= 11 is 0. The highest BCUT2D eigenvalue weighted by molar-refractivity contribution is 5.50. The molecule has 1 atom stereocenters. The van der Waals surface area contributed by atoms with E-state index in [4.69, 9.17) is 4.74 Å². The molecule has 1 aromatic carbocycles. The van der Waals surface area contributed by atoms with Gasteiger partial charge < -0.3 is 15.2 Å². The van der Waals surface area contributed by atoms with Crippen molar-refractivity contribution in [2.24, 2.45) is 0 Å². The van der Waals surface area contributed by atoms with Gasteiger partial charge in [0.2, 0.25) is 0 Å². The van der Waals surface area contributed by atoms with Crippen LogP contribution in [0.3, 0.4) is 0 Å². The van der Waals surface area contributed by atoms with E-state index >= 15 is 0 Å². The average Bonchev–Trinajstić information content (AvgIpc) is 2.21. The van der Waals surface area contributed by atoms with Gasteiger partial charge in [-0.2, -0.15) is 0 Å². The van der Waals surface area contributed by atoms with Crippen LogP contribution in [0.2, 0.25) is 0 Å². The number of rotatable bonds is 5. The molecule has 2 N–H and O–H groups in total. The highest BCUT2D eigenvalue weighted by Gasteiger charge is 2.06. The first kappa shape index (κ1) is 11.9. The van der Waals surface area contributed by atoms with Crippen molar-refractivity contribution >= 4 is 5.69 Å². The van der Waals surface area contributed by atoms with E-state index in [9.17, 15) is 9.50 Å². The van der Waals surface area contributed by atoms with Gasteiger partial charge >= 0.3 is 0 Å². The molecule has 0 amide bonds. The molecule has 15 heavy (non-hydrogen) atoms. The van der Waals surface area contributed by atoms with Crippen LogP contribution in [0.1, 0.15) is 5.56 Å². The molecule has 0 fully saturated rings. The first-order chi connectivity index (χ1) is 7.15. The molecular weight excluding hydrogens is 197 g/mol. The molecule has 0 spiro atoms. The van der Waals surface area contributed by atoms with E-state index in [1.165, 1.54) is 13.2 Å². The Hall–Kier alpha value is -1.13. The van der Waals surface area contributed by atoms with Crippen LogP contribution < -0.4 is 5.32 Å². The summed E-state index contributed by atoms with van der Waals surface area (Å²) in [5, 5.41) is 12.4. The minimum absolute atomic E-state index is 0.249. The Labute approximate surface area is 88.9 Å². The highest BCUT2D eigenvalue weighted by atomic mass is 19.1. The number of anilines is 1. The molecule has 0 saturated heterocycles. The molecular formula is C11H16FNO2. The summed E-state index contributed by atoms with van der Waals surface area (Å²) in [7, 11) is 1.52. The Morgan fingerprint density at radius 1 is 1.53 bits per heavy atom. The number of ether oxygens (including phenoxy) is 1. The van der Waals surface area contributed by atoms with Gasteiger partial charge in [-0.1, -0.05) is 6.07 Å². The molecule has 0 aliphatic carbocycles. The van der Waals surface area contributed by atoms with E-state index in [2.05, 4.69) is 5.32 Å². The third kappa shape index (κ3) is 3.49. The van der Waals surface area contributed by atoms with E-state index in [1.54, 1.807) is 19.1 Å². The molecule has 1 unspecified atom stereocenters. The lowest BCUT2D eigenvalue weighted by molar-refractivity contribution is 0.0727. The first-order valence-electron chi connectivity index (χ1n) is 4.81. The van der Waals surface area contributed by atoms with Gasteiger partial charge in [-0.15, -0.1) is 0 Å². The van der Waals surface area contributed by atoms with E-state index in [0.717, 1.165) is 0 Å². The Morgan fingerprint density at radius 3 is 2.93 bits per heavy atom. The van der Waals surface area contributed by atoms with Crippen LogP contribution in [0.25, 0.3) is 0 Å². The Morgan fingerprint density at radius 2 is 2.27 bits per heavy atom. The van der Waals surface area contributed by atoms with Gasteiger partial charge in [0, 0.05) is 24.9 Å². The summed E-state index contributed by atoms with van der Waals surface area (Å²) in [6.45, 7) is 2.31. The lowest BCUT2D eigenvalue weighted by Gasteiger charge is -2.13. The van der Waals surface area contributed by atoms with Gasteiger partial charge in [-0.3, -0.25) is 0 Å². The zero-order chi connectivity index (χ0) is 11.3. The van der Waals surface area contributed by atoms with Crippen molar-refractivity contribution in [3.8, 4) is 0 Å². The van der Waals surface area contributed by atoms with Crippen molar-refractivity contribution in [1.82, 2.24) is 0 Å². The second-order valence-electron chi connectivity index (χ2n) is 3.40. The number of hydrogen-bond acceptors (Lipinski definition) is 3. The van der Waals surface area contributed by atoms with Crippen molar-refractivity contribution in [3.05, 3.63) is 29.6 Å². The topological polar surface area (TPSA) is 41.5 Å². The number of halogens is 1. The van der Waals surface area contributed by atoms with Crippen molar-refractivity contribution in [1.29, 1.82) is 0 Å². The minimum Gasteiger partial charge on any atom is -0.389 e. The molecule has 0 bridgehead atoms. The van der Waals surface area contributed by atoms with Crippen LogP contribution in [0.15, 0.2) is 18.2 Å². The Bertz CT molecular complexity index is 317. The third-order valence-corrected chi connectivity index (χ3v) is 2.15. The fourth-order valence-corrected chi connectivity index (χ4v) is 1.28. The third-order valence-electron chi connectivity index (χ3n) is 2.15. The minimum atomic E-state index is -0.585. The SMILES string of the molecule is COCC(O)CNc1cccc(F)c1C. The molecule has 0 aliphatic rings. The normalized spacial score (nSPS) is 12.5.